The van der Waals surface area contributed by atoms with Crippen molar-refractivity contribution in [3.63, 3.8) is 0 Å². The van der Waals surface area contributed by atoms with E-state index >= 15 is 0 Å². The number of rotatable bonds is 3. The lowest BCUT2D eigenvalue weighted by Gasteiger charge is -2.27. The van der Waals surface area contributed by atoms with Crippen LogP contribution in [0.2, 0.25) is 5.02 Å². The van der Waals surface area contributed by atoms with Gasteiger partial charge in [0.1, 0.15) is 6.04 Å². The van der Waals surface area contributed by atoms with Gasteiger partial charge in [0.15, 0.2) is 0 Å². The molecule has 0 aliphatic rings. The number of amides is 1. The first-order valence-corrected chi connectivity index (χ1v) is 7.07. The minimum absolute atomic E-state index is 0.348. The summed E-state index contributed by atoms with van der Waals surface area (Å²) in [5.41, 5.74) is -0.227. The van der Waals surface area contributed by atoms with Gasteiger partial charge in [-0.2, -0.15) is 0 Å². The van der Waals surface area contributed by atoms with Gasteiger partial charge in [-0.05, 0) is 46.2 Å². The summed E-state index contributed by atoms with van der Waals surface area (Å²) in [6.07, 6.45) is 0. The fraction of sp³-hybridized carbons (Fsp3) is 0.385. The van der Waals surface area contributed by atoms with E-state index in [0.29, 0.717) is 10.6 Å². The largest absolute Gasteiger partial charge is 0.480 e. The van der Waals surface area contributed by atoms with E-state index in [1.165, 1.54) is 6.07 Å². The molecular weight excluding hydrogens is 381 g/mol. The number of aliphatic carboxylic acids is 1. The van der Waals surface area contributed by atoms with Crippen molar-refractivity contribution in [2.24, 2.45) is 5.41 Å². The topological polar surface area (TPSA) is 66.4 Å². The highest BCUT2D eigenvalue weighted by molar-refractivity contribution is 14.1. The highest BCUT2D eigenvalue weighted by atomic mass is 127. The Kier molecular flexibility index (Phi) is 5.20. The summed E-state index contributed by atoms with van der Waals surface area (Å²) in [6.45, 7) is 5.27. The van der Waals surface area contributed by atoms with Gasteiger partial charge in [0.25, 0.3) is 5.91 Å². The Morgan fingerprint density at radius 3 is 2.37 bits per heavy atom. The van der Waals surface area contributed by atoms with Crippen molar-refractivity contribution >= 4 is 46.1 Å². The van der Waals surface area contributed by atoms with E-state index in [0.717, 1.165) is 3.57 Å². The maximum Gasteiger partial charge on any atom is 0.326 e. The Morgan fingerprint density at radius 1 is 1.37 bits per heavy atom. The van der Waals surface area contributed by atoms with Crippen LogP contribution in [0, 0.1) is 8.99 Å². The molecule has 0 aliphatic heterocycles. The number of carbonyl (C=O) groups excluding carboxylic acids is 1. The van der Waals surface area contributed by atoms with Gasteiger partial charge in [-0.15, -0.1) is 0 Å². The molecule has 2 N–H and O–H groups in total. The normalized spacial score (nSPS) is 12.9. The van der Waals surface area contributed by atoms with Crippen LogP contribution in [-0.2, 0) is 4.79 Å². The smallest absolute Gasteiger partial charge is 0.326 e. The van der Waals surface area contributed by atoms with Gasteiger partial charge >= 0.3 is 5.97 Å². The molecule has 19 heavy (non-hydrogen) atoms. The second-order valence-electron chi connectivity index (χ2n) is 5.24. The van der Waals surface area contributed by atoms with Crippen LogP contribution in [0.5, 0.6) is 0 Å². The molecule has 0 aromatic heterocycles. The van der Waals surface area contributed by atoms with E-state index < -0.39 is 23.3 Å². The maximum absolute atomic E-state index is 12.0. The Labute approximate surface area is 130 Å². The number of nitrogens with one attached hydrogen (secondary N) is 1. The number of carboxylic acids is 1. The molecule has 1 amide bonds. The average Bonchev–Trinajstić information content (AvgIpc) is 2.27. The molecule has 6 heteroatoms. The third-order valence-corrected chi connectivity index (χ3v) is 4.14. The van der Waals surface area contributed by atoms with E-state index in [1.807, 2.05) is 0 Å². The third-order valence-electron chi connectivity index (χ3n) is 2.57. The van der Waals surface area contributed by atoms with Crippen molar-refractivity contribution in [2.75, 3.05) is 0 Å². The maximum atomic E-state index is 12.0. The van der Waals surface area contributed by atoms with Gasteiger partial charge < -0.3 is 10.4 Å². The summed E-state index contributed by atoms with van der Waals surface area (Å²) >= 11 is 8.00. The molecule has 1 aromatic carbocycles. The molecule has 0 spiro atoms. The monoisotopic (exact) mass is 395 g/mol. The first-order chi connectivity index (χ1) is 8.62. The van der Waals surface area contributed by atoms with Gasteiger partial charge in [0, 0.05) is 9.13 Å². The highest BCUT2D eigenvalue weighted by Gasteiger charge is 2.32. The van der Waals surface area contributed by atoms with Crippen molar-refractivity contribution in [2.45, 2.75) is 26.8 Å². The Hall–Kier alpha value is -0.820. The summed E-state index contributed by atoms with van der Waals surface area (Å²) in [6, 6.07) is 3.90. The van der Waals surface area contributed by atoms with E-state index in [1.54, 1.807) is 32.9 Å². The molecule has 0 saturated carbocycles. The lowest BCUT2D eigenvalue weighted by atomic mass is 9.86. The average molecular weight is 396 g/mol. The lowest BCUT2D eigenvalue weighted by Crippen LogP contribution is -2.49. The molecule has 1 aromatic rings. The molecule has 1 rings (SSSR count). The minimum Gasteiger partial charge on any atom is -0.480 e. The number of benzene rings is 1. The van der Waals surface area contributed by atoms with Crippen LogP contribution in [0.3, 0.4) is 0 Å². The van der Waals surface area contributed by atoms with Crippen LogP contribution in [-0.4, -0.2) is 23.0 Å². The van der Waals surface area contributed by atoms with Crippen molar-refractivity contribution in [3.8, 4) is 0 Å². The van der Waals surface area contributed by atoms with Crippen molar-refractivity contribution < 1.29 is 14.7 Å². The van der Waals surface area contributed by atoms with Crippen molar-refractivity contribution in [1.29, 1.82) is 0 Å². The van der Waals surface area contributed by atoms with E-state index in [-0.39, 0.29) is 0 Å². The number of hydrogen-bond acceptors (Lipinski definition) is 2. The second-order valence-corrected chi connectivity index (χ2v) is 6.81. The lowest BCUT2D eigenvalue weighted by molar-refractivity contribution is -0.142. The standard InChI is InChI=1S/C13H15ClINO3/c1-13(2,3)10(12(18)19)16-11(17)7-4-5-9(15)8(14)6-7/h4-6,10H,1-3H3,(H,16,17)(H,18,19)/t10-/m0/s1. The molecule has 0 bridgehead atoms. The summed E-state index contributed by atoms with van der Waals surface area (Å²) in [7, 11) is 0. The molecule has 1 atom stereocenters. The molecular formula is C13H15ClINO3. The van der Waals surface area contributed by atoms with E-state index in [9.17, 15) is 9.59 Å². The van der Waals surface area contributed by atoms with Crippen molar-refractivity contribution in [1.82, 2.24) is 5.32 Å². The van der Waals surface area contributed by atoms with Gasteiger partial charge in [0.2, 0.25) is 0 Å². The summed E-state index contributed by atoms with van der Waals surface area (Å²) < 4.78 is 0.835. The van der Waals surface area contributed by atoms with Crippen molar-refractivity contribution in [3.05, 3.63) is 32.4 Å². The fourth-order valence-corrected chi connectivity index (χ4v) is 2.02. The predicted molar refractivity (Wildman–Crippen MR) is 82.5 cm³/mol. The summed E-state index contributed by atoms with van der Waals surface area (Å²) in [5, 5.41) is 12.1. The van der Waals surface area contributed by atoms with Crippen LogP contribution in [0.1, 0.15) is 31.1 Å². The Balaban J connectivity index is 2.94. The number of carbonyl (C=O) groups is 2. The second kappa shape index (κ2) is 6.09. The molecule has 4 nitrogen and oxygen atoms in total. The summed E-state index contributed by atoms with van der Waals surface area (Å²) in [4.78, 5) is 23.2. The van der Waals surface area contributed by atoms with Gasteiger partial charge in [0.05, 0.1) is 5.02 Å². The SMILES string of the molecule is CC(C)(C)[C@@H](NC(=O)c1ccc(I)c(Cl)c1)C(=O)O. The van der Waals surface area contributed by atoms with Crippen LogP contribution in [0.4, 0.5) is 0 Å². The summed E-state index contributed by atoms with van der Waals surface area (Å²) in [5.74, 6) is -1.50. The quantitative estimate of drug-likeness (QED) is 0.773. The van der Waals surface area contributed by atoms with Crippen LogP contribution in [0.15, 0.2) is 18.2 Å². The van der Waals surface area contributed by atoms with Gasteiger partial charge in [-0.3, -0.25) is 4.79 Å². The molecule has 0 radical (unpaired) electrons. The predicted octanol–water partition coefficient (Wildman–Crippen LogP) is 3.17. The zero-order chi connectivity index (χ0) is 14.8. The molecule has 0 unspecified atom stereocenters. The van der Waals surface area contributed by atoms with Gasteiger partial charge in [-0.25, -0.2) is 4.79 Å². The first kappa shape index (κ1) is 16.2. The van der Waals surface area contributed by atoms with E-state index in [4.69, 9.17) is 16.7 Å². The first-order valence-electron chi connectivity index (χ1n) is 5.61. The molecule has 104 valence electrons. The molecule has 0 saturated heterocycles. The van der Waals surface area contributed by atoms with Gasteiger partial charge in [-0.1, -0.05) is 32.4 Å². The minimum atomic E-state index is -1.06. The van der Waals surface area contributed by atoms with E-state index in [2.05, 4.69) is 27.9 Å². The zero-order valence-electron chi connectivity index (χ0n) is 10.8. The van der Waals surface area contributed by atoms with Crippen LogP contribution in [0.25, 0.3) is 0 Å². The number of hydrogen-bond donors (Lipinski definition) is 2. The number of halogens is 2. The fourth-order valence-electron chi connectivity index (χ4n) is 1.50. The third kappa shape index (κ3) is 4.35. The molecule has 0 heterocycles. The van der Waals surface area contributed by atoms with Crippen LogP contribution >= 0.6 is 34.2 Å². The van der Waals surface area contributed by atoms with Crippen LogP contribution < -0.4 is 5.32 Å². The highest BCUT2D eigenvalue weighted by Crippen LogP contribution is 2.22. The Morgan fingerprint density at radius 2 is 1.95 bits per heavy atom. The Bertz CT molecular complexity index is 511. The molecule has 0 fully saturated rings. The number of carboxylic acid groups (broad SMARTS) is 1. The zero-order valence-corrected chi connectivity index (χ0v) is 13.7. The molecule has 0 aliphatic carbocycles.